The zero-order chi connectivity index (χ0) is 14.7. The number of rotatable bonds is 4. The molecule has 2 rings (SSSR count). The van der Waals surface area contributed by atoms with E-state index in [0.717, 1.165) is 5.56 Å². The van der Waals surface area contributed by atoms with E-state index < -0.39 is 5.97 Å². The maximum Gasteiger partial charge on any atom is 0.323 e. The van der Waals surface area contributed by atoms with Crippen molar-refractivity contribution in [3.63, 3.8) is 0 Å². The second kappa shape index (κ2) is 5.64. The average Bonchev–Trinajstić information content (AvgIpc) is 2.38. The molecule has 0 saturated heterocycles. The summed E-state index contributed by atoms with van der Waals surface area (Å²) >= 11 is 0. The number of hydrogen-bond donors (Lipinski definition) is 1. The second-order valence-electron chi connectivity index (χ2n) is 4.42. The molecule has 0 saturated carbocycles. The monoisotopic (exact) mass is 275 g/mol. The third-order valence-corrected chi connectivity index (χ3v) is 2.73. The van der Waals surface area contributed by atoms with E-state index >= 15 is 0 Å². The number of anilines is 1. The van der Waals surface area contributed by atoms with E-state index in [1.54, 1.807) is 32.2 Å². The molecule has 2 aromatic rings. The lowest BCUT2D eigenvalue weighted by Gasteiger charge is -2.16. The van der Waals surface area contributed by atoms with Crippen molar-refractivity contribution >= 4 is 11.8 Å². The molecule has 0 spiro atoms. The Morgan fingerprint density at radius 1 is 1.30 bits per heavy atom. The molecule has 0 bridgehead atoms. The first-order chi connectivity index (χ1) is 9.45. The fourth-order valence-electron chi connectivity index (χ4n) is 1.80. The van der Waals surface area contributed by atoms with Gasteiger partial charge in [-0.15, -0.1) is 0 Å². The Morgan fingerprint density at radius 3 is 2.55 bits per heavy atom. The minimum Gasteiger partial charge on any atom is -0.480 e. The Bertz CT molecular complexity index is 629. The largest absolute Gasteiger partial charge is 0.480 e. The van der Waals surface area contributed by atoms with Crippen LogP contribution in [-0.4, -0.2) is 34.6 Å². The smallest absolute Gasteiger partial charge is 0.323 e. The number of carboxylic acids is 1. The summed E-state index contributed by atoms with van der Waals surface area (Å²) in [6.07, 6.45) is 0. The number of aromatic nitrogens is 2. The van der Waals surface area contributed by atoms with Crippen LogP contribution in [0.3, 0.4) is 0 Å². The van der Waals surface area contributed by atoms with Crippen LogP contribution in [0.15, 0.2) is 30.3 Å². The molecule has 0 radical (unpaired) electrons. The van der Waals surface area contributed by atoms with Crippen LogP contribution < -0.4 is 4.90 Å². The number of likely N-dealkylation sites (N-methyl/N-ethyl adjacent to an activating group) is 1. The van der Waals surface area contributed by atoms with Crippen molar-refractivity contribution in [3.05, 3.63) is 42.0 Å². The summed E-state index contributed by atoms with van der Waals surface area (Å²) in [5.41, 5.74) is 1.38. The van der Waals surface area contributed by atoms with Gasteiger partial charge in [0, 0.05) is 18.7 Å². The number of halogens is 1. The fourth-order valence-corrected chi connectivity index (χ4v) is 1.80. The molecule has 1 aromatic heterocycles. The zero-order valence-corrected chi connectivity index (χ0v) is 11.2. The van der Waals surface area contributed by atoms with E-state index in [2.05, 4.69) is 9.97 Å². The van der Waals surface area contributed by atoms with E-state index in [9.17, 15) is 9.18 Å². The van der Waals surface area contributed by atoms with Crippen molar-refractivity contribution in [1.29, 1.82) is 0 Å². The lowest BCUT2D eigenvalue weighted by molar-refractivity contribution is -0.135. The third-order valence-electron chi connectivity index (χ3n) is 2.73. The molecule has 20 heavy (non-hydrogen) atoms. The summed E-state index contributed by atoms with van der Waals surface area (Å²) in [5.74, 6) is -0.215. The summed E-state index contributed by atoms with van der Waals surface area (Å²) in [6, 6.07) is 7.64. The van der Waals surface area contributed by atoms with Gasteiger partial charge < -0.3 is 10.0 Å². The van der Waals surface area contributed by atoms with E-state index in [0.29, 0.717) is 17.3 Å². The highest BCUT2D eigenvalue weighted by molar-refractivity contribution is 5.73. The second-order valence-corrected chi connectivity index (χ2v) is 4.42. The van der Waals surface area contributed by atoms with Gasteiger partial charge in [-0.1, -0.05) is 0 Å². The van der Waals surface area contributed by atoms with Gasteiger partial charge in [0.15, 0.2) is 0 Å². The third kappa shape index (κ3) is 3.28. The van der Waals surface area contributed by atoms with Crippen molar-refractivity contribution in [2.24, 2.45) is 0 Å². The quantitative estimate of drug-likeness (QED) is 0.925. The van der Waals surface area contributed by atoms with Gasteiger partial charge in [0.1, 0.15) is 24.0 Å². The van der Waals surface area contributed by atoms with E-state index in [4.69, 9.17) is 5.11 Å². The summed E-state index contributed by atoms with van der Waals surface area (Å²) in [6.45, 7) is 1.57. The number of carbonyl (C=O) groups is 1. The summed E-state index contributed by atoms with van der Waals surface area (Å²) < 4.78 is 12.9. The van der Waals surface area contributed by atoms with Crippen LogP contribution in [0.5, 0.6) is 0 Å². The predicted octanol–water partition coefficient (Wildman–Crippen LogP) is 2.11. The molecule has 0 aliphatic heterocycles. The first-order valence-electron chi connectivity index (χ1n) is 6.00. The van der Waals surface area contributed by atoms with Crippen molar-refractivity contribution < 1.29 is 14.3 Å². The van der Waals surface area contributed by atoms with Crippen LogP contribution in [0.2, 0.25) is 0 Å². The van der Waals surface area contributed by atoms with Crippen molar-refractivity contribution in [3.8, 4) is 11.3 Å². The molecular weight excluding hydrogens is 261 g/mol. The summed E-state index contributed by atoms with van der Waals surface area (Å²) in [5, 5.41) is 8.80. The summed E-state index contributed by atoms with van der Waals surface area (Å²) in [7, 11) is 1.64. The number of aryl methyl sites for hydroxylation is 1. The average molecular weight is 275 g/mol. The first kappa shape index (κ1) is 13.9. The molecule has 104 valence electrons. The van der Waals surface area contributed by atoms with Gasteiger partial charge in [-0.3, -0.25) is 4.79 Å². The van der Waals surface area contributed by atoms with Crippen LogP contribution >= 0.6 is 0 Å². The van der Waals surface area contributed by atoms with Gasteiger partial charge in [0.05, 0.1) is 5.69 Å². The van der Waals surface area contributed by atoms with Gasteiger partial charge in [-0.25, -0.2) is 14.4 Å². The highest BCUT2D eigenvalue weighted by Crippen LogP contribution is 2.21. The molecule has 1 aromatic carbocycles. The maximum atomic E-state index is 12.9. The zero-order valence-electron chi connectivity index (χ0n) is 11.2. The normalized spacial score (nSPS) is 10.3. The molecule has 0 aliphatic carbocycles. The number of hydrogen-bond acceptors (Lipinski definition) is 4. The minimum absolute atomic E-state index is 0.153. The lowest BCUT2D eigenvalue weighted by Crippen LogP contribution is -2.26. The van der Waals surface area contributed by atoms with Crippen LogP contribution in [0, 0.1) is 12.7 Å². The Kier molecular flexibility index (Phi) is 3.93. The van der Waals surface area contributed by atoms with Gasteiger partial charge in [-0.2, -0.15) is 0 Å². The van der Waals surface area contributed by atoms with Gasteiger partial charge in [0.2, 0.25) is 0 Å². The van der Waals surface area contributed by atoms with E-state index in [1.165, 1.54) is 17.0 Å². The van der Waals surface area contributed by atoms with E-state index in [1.807, 2.05) is 0 Å². The van der Waals surface area contributed by atoms with Crippen LogP contribution in [0.1, 0.15) is 5.82 Å². The topological polar surface area (TPSA) is 66.3 Å². The molecule has 1 heterocycles. The lowest BCUT2D eigenvalue weighted by atomic mass is 10.1. The Hall–Kier alpha value is -2.50. The Morgan fingerprint density at radius 2 is 1.95 bits per heavy atom. The van der Waals surface area contributed by atoms with Crippen LogP contribution in [-0.2, 0) is 4.79 Å². The molecule has 0 fully saturated rings. The first-order valence-corrected chi connectivity index (χ1v) is 6.00. The Labute approximate surface area is 115 Å². The molecular formula is C14H14FN3O2. The molecule has 0 aliphatic rings. The minimum atomic E-state index is -0.938. The molecule has 6 heteroatoms. The number of aliphatic carboxylic acids is 1. The van der Waals surface area contributed by atoms with Gasteiger partial charge >= 0.3 is 5.97 Å². The summed E-state index contributed by atoms with van der Waals surface area (Å²) in [4.78, 5) is 20.7. The number of nitrogens with zero attached hydrogens (tertiary/aromatic N) is 3. The number of carboxylic acid groups (broad SMARTS) is 1. The molecule has 1 N–H and O–H groups in total. The SMILES string of the molecule is Cc1nc(-c2ccc(F)cc2)cc(N(C)CC(=O)O)n1. The molecule has 5 nitrogen and oxygen atoms in total. The van der Waals surface area contributed by atoms with Crippen molar-refractivity contribution in [1.82, 2.24) is 9.97 Å². The van der Waals surface area contributed by atoms with E-state index in [-0.39, 0.29) is 12.4 Å². The highest BCUT2D eigenvalue weighted by atomic mass is 19.1. The molecule has 0 amide bonds. The standard InChI is InChI=1S/C14H14FN3O2/c1-9-16-12(10-3-5-11(15)6-4-10)7-13(17-9)18(2)8-14(19)20/h3-7H,8H2,1-2H3,(H,19,20). The number of benzene rings is 1. The molecule has 0 unspecified atom stereocenters. The Balaban J connectivity index is 2.38. The van der Waals surface area contributed by atoms with Crippen LogP contribution in [0.4, 0.5) is 10.2 Å². The fraction of sp³-hybridized carbons (Fsp3) is 0.214. The van der Waals surface area contributed by atoms with Crippen LogP contribution in [0.25, 0.3) is 11.3 Å². The molecule has 0 atom stereocenters. The van der Waals surface area contributed by atoms with Crippen molar-refractivity contribution in [2.75, 3.05) is 18.5 Å². The predicted molar refractivity (Wildman–Crippen MR) is 73.1 cm³/mol. The van der Waals surface area contributed by atoms with Crippen molar-refractivity contribution in [2.45, 2.75) is 6.92 Å². The van der Waals surface area contributed by atoms with Gasteiger partial charge in [-0.05, 0) is 31.2 Å². The highest BCUT2D eigenvalue weighted by Gasteiger charge is 2.10. The maximum absolute atomic E-state index is 12.9. The van der Waals surface area contributed by atoms with Gasteiger partial charge in [0.25, 0.3) is 0 Å².